The van der Waals surface area contributed by atoms with Gasteiger partial charge in [0.05, 0.1) is 11.7 Å². The molecule has 3 nitrogen and oxygen atoms in total. The Labute approximate surface area is 93.4 Å². The topological polar surface area (TPSA) is 30.2 Å². The largest absolute Gasteiger partial charge is 0.298 e. The molecule has 0 amide bonds. The minimum absolute atomic E-state index is 0.888. The Morgan fingerprint density at radius 3 is 2.81 bits per heavy atom. The zero-order chi connectivity index (χ0) is 11.0. The van der Waals surface area contributed by atoms with Gasteiger partial charge >= 0.3 is 0 Å². The first-order valence-electron chi connectivity index (χ1n) is 5.20. The molecule has 0 N–H and O–H groups in total. The molecule has 0 aliphatic heterocycles. The van der Waals surface area contributed by atoms with Crippen LogP contribution in [0, 0.1) is 6.92 Å². The summed E-state index contributed by atoms with van der Waals surface area (Å²) >= 11 is 0. The molecule has 16 heavy (non-hydrogen) atoms. The molecule has 0 aromatic carbocycles. The van der Waals surface area contributed by atoms with Gasteiger partial charge in [0.1, 0.15) is 5.69 Å². The SMILES string of the molecule is Cc1cccn2c(-c3ccccn3)ncc12. The highest BCUT2D eigenvalue weighted by atomic mass is 15.0. The first kappa shape index (κ1) is 9.09. The number of imidazole rings is 1. The highest BCUT2D eigenvalue weighted by Crippen LogP contribution is 2.18. The van der Waals surface area contributed by atoms with E-state index in [4.69, 9.17) is 0 Å². The van der Waals surface area contributed by atoms with Crippen LogP contribution in [0.3, 0.4) is 0 Å². The lowest BCUT2D eigenvalue weighted by Gasteiger charge is -2.01. The Morgan fingerprint density at radius 1 is 1.06 bits per heavy atom. The summed E-state index contributed by atoms with van der Waals surface area (Å²) in [7, 11) is 0. The number of pyridine rings is 2. The van der Waals surface area contributed by atoms with E-state index in [1.807, 2.05) is 36.7 Å². The average molecular weight is 209 g/mol. The van der Waals surface area contributed by atoms with Gasteiger partial charge in [0.2, 0.25) is 0 Å². The summed E-state index contributed by atoms with van der Waals surface area (Å²) in [5.74, 6) is 0.888. The minimum atomic E-state index is 0.888. The summed E-state index contributed by atoms with van der Waals surface area (Å²) in [6.07, 6.45) is 5.69. The van der Waals surface area contributed by atoms with Crippen LogP contribution in [-0.2, 0) is 0 Å². The second-order valence-electron chi connectivity index (χ2n) is 3.74. The van der Waals surface area contributed by atoms with Gasteiger partial charge in [0, 0.05) is 12.4 Å². The van der Waals surface area contributed by atoms with Crippen molar-refractivity contribution in [3.63, 3.8) is 0 Å². The van der Waals surface area contributed by atoms with Crippen molar-refractivity contribution in [3.05, 3.63) is 54.5 Å². The van der Waals surface area contributed by atoms with E-state index >= 15 is 0 Å². The molecule has 0 fully saturated rings. The van der Waals surface area contributed by atoms with Crippen molar-refractivity contribution < 1.29 is 0 Å². The molecule has 3 rings (SSSR count). The highest BCUT2D eigenvalue weighted by molar-refractivity contribution is 5.62. The number of hydrogen-bond donors (Lipinski definition) is 0. The number of nitrogens with zero attached hydrogens (tertiary/aromatic N) is 3. The number of fused-ring (bicyclic) bond motifs is 1. The summed E-state index contributed by atoms with van der Waals surface area (Å²) < 4.78 is 2.07. The fourth-order valence-electron chi connectivity index (χ4n) is 1.85. The lowest BCUT2D eigenvalue weighted by Crippen LogP contribution is -1.91. The molecule has 0 radical (unpaired) electrons. The summed E-state index contributed by atoms with van der Waals surface area (Å²) in [6, 6.07) is 9.95. The van der Waals surface area contributed by atoms with Gasteiger partial charge in [0.25, 0.3) is 0 Å². The Balaban J connectivity index is 2.30. The van der Waals surface area contributed by atoms with Crippen molar-refractivity contribution >= 4 is 5.52 Å². The van der Waals surface area contributed by atoms with Crippen LogP contribution in [0.5, 0.6) is 0 Å². The van der Waals surface area contributed by atoms with E-state index in [2.05, 4.69) is 27.4 Å². The first-order chi connectivity index (χ1) is 7.86. The second-order valence-corrected chi connectivity index (χ2v) is 3.74. The van der Waals surface area contributed by atoms with Crippen molar-refractivity contribution in [2.24, 2.45) is 0 Å². The molecule has 3 aromatic rings. The smallest absolute Gasteiger partial charge is 0.163 e. The van der Waals surface area contributed by atoms with Crippen LogP contribution in [0.4, 0.5) is 0 Å². The van der Waals surface area contributed by atoms with E-state index in [0.717, 1.165) is 17.0 Å². The third-order valence-corrected chi connectivity index (χ3v) is 2.68. The first-order valence-corrected chi connectivity index (χ1v) is 5.20. The maximum atomic E-state index is 4.43. The maximum absolute atomic E-state index is 4.43. The van der Waals surface area contributed by atoms with Crippen molar-refractivity contribution in [1.29, 1.82) is 0 Å². The normalized spacial score (nSPS) is 10.8. The Morgan fingerprint density at radius 2 is 2.00 bits per heavy atom. The van der Waals surface area contributed by atoms with Crippen LogP contribution in [0.2, 0.25) is 0 Å². The molecule has 0 atom stereocenters. The van der Waals surface area contributed by atoms with Gasteiger partial charge in [-0.1, -0.05) is 12.1 Å². The molecule has 0 aliphatic carbocycles. The molecule has 78 valence electrons. The maximum Gasteiger partial charge on any atom is 0.163 e. The quantitative estimate of drug-likeness (QED) is 0.616. The van der Waals surface area contributed by atoms with Crippen molar-refractivity contribution in [2.45, 2.75) is 6.92 Å². The predicted molar refractivity (Wildman–Crippen MR) is 63.2 cm³/mol. The molecule has 0 saturated heterocycles. The van der Waals surface area contributed by atoms with Crippen LogP contribution in [0.1, 0.15) is 5.56 Å². The number of aryl methyl sites for hydroxylation is 1. The summed E-state index contributed by atoms with van der Waals surface area (Å²) in [5, 5.41) is 0. The van der Waals surface area contributed by atoms with E-state index in [9.17, 15) is 0 Å². The lowest BCUT2D eigenvalue weighted by atomic mass is 10.2. The van der Waals surface area contributed by atoms with E-state index in [1.165, 1.54) is 5.56 Å². The summed E-state index contributed by atoms with van der Waals surface area (Å²) in [6.45, 7) is 2.08. The lowest BCUT2D eigenvalue weighted by molar-refractivity contribution is 1.12. The van der Waals surface area contributed by atoms with Crippen LogP contribution in [-0.4, -0.2) is 14.4 Å². The third-order valence-electron chi connectivity index (χ3n) is 2.68. The van der Waals surface area contributed by atoms with Crippen LogP contribution >= 0.6 is 0 Å². The highest BCUT2D eigenvalue weighted by Gasteiger charge is 2.07. The third kappa shape index (κ3) is 1.29. The number of rotatable bonds is 1. The average Bonchev–Trinajstić information content (AvgIpc) is 2.75. The fraction of sp³-hybridized carbons (Fsp3) is 0.0769. The van der Waals surface area contributed by atoms with E-state index in [0.29, 0.717) is 0 Å². The van der Waals surface area contributed by atoms with Gasteiger partial charge in [-0.3, -0.25) is 9.38 Å². The van der Waals surface area contributed by atoms with E-state index < -0.39 is 0 Å². The monoisotopic (exact) mass is 209 g/mol. The zero-order valence-corrected chi connectivity index (χ0v) is 8.96. The molecule has 0 bridgehead atoms. The van der Waals surface area contributed by atoms with Gasteiger partial charge in [0.15, 0.2) is 5.82 Å². The Bertz CT molecular complexity index is 626. The molecule has 3 aromatic heterocycles. The minimum Gasteiger partial charge on any atom is -0.298 e. The number of hydrogen-bond acceptors (Lipinski definition) is 2. The van der Waals surface area contributed by atoms with Gasteiger partial charge in [-0.15, -0.1) is 0 Å². The molecular weight excluding hydrogens is 198 g/mol. The second kappa shape index (κ2) is 3.45. The van der Waals surface area contributed by atoms with Crippen LogP contribution < -0.4 is 0 Å². The molecule has 3 heteroatoms. The van der Waals surface area contributed by atoms with Gasteiger partial charge in [-0.05, 0) is 30.7 Å². The molecule has 0 spiro atoms. The molecule has 0 aliphatic rings. The molecular formula is C13H11N3. The van der Waals surface area contributed by atoms with Crippen LogP contribution in [0.25, 0.3) is 17.0 Å². The van der Waals surface area contributed by atoms with Gasteiger partial charge in [-0.25, -0.2) is 4.98 Å². The van der Waals surface area contributed by atoms with Crippen LogP contribution in [0.15, 0.2) is 48.9 Å². The molecule has 3 heterocycles. The fourth-order valence-corrected chi connectivity index (χ4v) is 1.85. The molecule has 0 unspecified atom stereocenters. The van der Waals surface area contributed by atoms with Crippen molar-refractivity contribution in [1.82, 2.24) is 14.4 Å². The standard InChI is InChI=1S/C13H11N3/c1-10-5-4-8-16-12(10)9-15-13(16)11-6-2-3-7-14-11/h2-9H,1H3. The van der Waals surface area contributed by atoms with Crippen molar-refractivity contribution in [3.8, 4) is 11.5 Å². The van der Waals surface area contributed by atoms with Crippen molar-refractivity contribution in [2.75, 3.05) is 0 Å². The Kier molecular flexibility index (Phi) is 1.96. The predicted octanol–water partition coefficient (Wildman–Crippen LogP) is 2.70. The zero-order valence-electron chi connectivity index (χ0n) is 8.96. The Hall–Kier alpha value is -2.16. The van der Waals surface area contributed by atoms with Gasteiger partial charge in [-0.2, -0.15) is 0 Å². The number of aromatic nitrogens is 3. The van der Waals surface area contributed by atoms with E-state index in [-0.39, 0.29) is 0 Å². The summed E-state index contributed by atoms with van der Waals surface area (Å²) in [5.41, 5.74) is 3.24. The summed E-state index contributed by atoms with van der Waals surface area (Å²) in [4.78, 5) is 8.74. The van der Waals surface area contributed by atoms with E-state index in [1.54, 1.807) is 6.20 Å². The van der Waals surface area contributed by atoms with Gasteiger partial charge < -0.3 is 0 Å². The molecule has 0 saturated carbocycles.